The van der Waals surface area contributed by atoms with Gasteiger partial charge in [0.1, 0.15) is 11.5 Å². The van der Waals surface area contributed by atoms with Gasteiger partial charge in [-0.25, -0.2) is 9.97 Å². The molecular formula is C16H17ClN3. The van der Waals surface area contributed by atoms with E-state index in [2.05, 4.69) is 54.8 Å². The van der Waals surface area contributed by atoms with Crippen molar-refractivity contribution in [2.24, 2.45) is 0 Å². The van der Waals surface area contributed by atoms with Crippen molar-refractivity contribution < 1.29 is 0 Å². The van der Waals surface area contributed by atoms with Crippen molar-refractivity contribution in [1.82, 2.24) is 9.97 Å². The minimum absolute atomic E-state index is 0.0513. The maximum Gasteiger partial charge on any atom is 0.132 e. The average Bonchev–Trinajstić information content (AvgIpc) is 2.58. The SMILES string of the molecule is Cc1c[c]cc2c1N(C)C(c1cc(Cl)ncn1)C2(C)C. The molecule has 0 N–H and O–H groups in total. The molecule has 0 saturated carbocycles. The monoisotopic (exact) mass is 286 g/mol. The van der Waals surface area contributed by atoms with Crippen molar-refractivity contribution in [3.05, 3.63) is 52.6 Å². The quantitative estimate of drug-likeness (QED) is 0.749. The summed E-state index contributed by atoms with van der Waals surface area (Å²) in [7, 11) is 2.11. The van der Waals surface area contributed by atoms with E-state index in [0.29, 0.717) is 5.15 Å². The van der Waals surface area contributed by atoms with Gasteiger partial charge in [0.2, 0.25) is 0 Å². The molecule has 20 heavy (non-hydrogen) atoms. The van der Waals surface area contributed by atoms with Crippen molar-refractivity contribution >= 4 is 17.3 Å². The number of halogens is 1. The van der Waals surface area contributed by atoms with Gasteiger partial charge in [0.15, 0.2) is 0 Å². The number of likely N-dealkylation sites (N-methyl/N-ethyl adjacent to an activating group) is 1. The number of fused-ring (bicyclic) bond motifs is 1. The van der Waals surface area contributed by atoms with Gasteiger partial charge in [-0.1, -0.05) is 25.4 Å². The second-order valence-corrected chi connectivity index (χ2v) is 6.29. The topological polar surface area (TPSA) is 29.0 Å². The number of benzene rings is 1. The molecule has 1 aromatic carbocycles. The summed E-state index contributed by atoms with van der Waals surface area (Å²) >= 11 is 6.03. The van der Waals surface area contributed by atoms with E-state index in [4.69, 9.17) is 11.6 Å². The van der Waals surface area contributed by atoms with Crippen molar-refractivity contribution in [2.75, 3.05) is 11.9 Å². The number of aromatic nitrogens is 2. The summed E-state index contributed by atoms with van der Waals surface area (Å²) < 4.78 is 0. The standard InChI is InChI=1S/C16H17ClN3/c1-10-6-5-7-11-14(10)20(4)15(16(11,2)3)12-8-13(17)19-9-18-12/h6-9,15H,1-4H3. The number of hydrogen-bond acceptors (Lipinski definition) is 3. The summed E-state index contributed by atoms with van der Waals surface area (Å²) in [6.45, 7) is 6.60. The highest BCUT2D eigenvalue weighted by atomic mass is 35.5. The molecule has 1 aromatic heterocycles. The Kier molecular flexibility index (Phi) is 2.98. The van der Waals surface area contributed by atoms with E-state index in [9.17, 15) is 0 Å². The summed E-state index contributed by atoms with van der Waals surface area (Å²) in [5.74, 6) is 0. The Bertz CT molecular complexity index is 667. The van der Waals surface area contributed by atoms with Crippen LogP contribution in [0.25, 0.3) is 0 Å². The van der Waals surface area contributed by atoms with Crippen LogP contribution in [0.2, 0.25) is 5.15 Å². The van der Waals surface area contributed by atoms with Crippen LogP contribution in [0.1, 0.15) is 36.7 Å². The molecule has 0 aliphatic carbocycles. The first-order valence-corrected chi connectivity index (χ1v) is 7.02. The Balaban J connectivity index is 2.18. The van der Waals surface area contributed by atoms with Crippen LogP contribution in [0.15, 0.2) is 24.5 Å². The van der Waals surface area contributed by atoms with Gasteiger partial charge in [-0.2, -0.15) is 0 Å². The first-order valence-electron chi connectivity index (χ1n) is 6.64. The largest absolute Gasteiger partial charge is 0.365 e. The summed E-state index contributed by atoms with van der Waals surface area (Å²) in [5.41, 5.74) is 4.71. The molecule has 3 rings (SSSR count). The number of nitrogens with zero attached hydrogens (tertiary/aromatic N) is 3. The highest BCUT2D eigenvalue weighted by Crippen LogP contribution is 2.52. The van der Waals surface area contributed by atoms with Gasteiger partial charge < -0.3 is 4.90 Å². The molecule has 1 aliphatic heterocycles. The van der Waals surface area contributed by atoms with E-state index in [0.717, 1.165) is 5.69 Å². The third kappa shape index (κ3) is 1.80. The molecule has 1 unspecified atom stereocenters. The fraction of sp³-hybridized carbons (Fsp3) is 0.375. The molecule has 0 saturated heterocycles. The summed E-state index contributed by atoms with van der Waals surface area (Å²) in [6, 6.07) is 9.35. The predicted molar refractivity (Wildman–Crippen MR) is 81.2 cm³/mol. The van der Waals surface area contributed by atoms with Crippen LogP contribution < -0.4 is 4.90 Å². The molecule has 0 bridgehead atoms. The minimum Gasteiger partial charge on any atom is -0.365 e. The molecule has 2 aromatic rings. The van der Waals surface area contributed by atoms with E-state index in [-0.39, 0.29) is 11.5 Å². The zero-order valence-electron chi connectivity index (χ0n) is 12.1. The molecule has 1 atom stereocenters. The lowest BCUT2D eigenvalue weighted by molar-refractivity contribution is 0.432. The molecule has 4 heteroatoms. The van der Waals surface area contributed by atoms with Crippen LogP contribution in [0, 0.1) is 13.0 Å². The van der Waals surface area contributed by atoms with Gasteiger partial charge in [0, 0.05) is 18.2 Å². The van der Waals surface area contributed by atoms with E-state index < -0.39 is 0 Å². The highest BCUT2D eigenvalue weighted by Gasteiger charge is 2.45. The third-order valence-corrected chi connectivity index (χ3v) is 4.42. The number of aryl methyl sites for hydroxylation is 1. The Hall–Kier alpha value is -1.61. The number of rotatable bonds is 1. The van der Waals surface area contributed by atoms with Crippen molar-refractivity contribution in [2.45, 2.75) is 32.2 Å². The van der Waals surface area contributed by atoms with Crippen LogP contribution in [-0.4, -0.2) is 17.0 Å². The van der Waals surface area contributed by atoms with Crippen molar-refractivity contribution in [3.63, 3.8) is 0 Å². The van der Waals surface area contributed by atoms with Crippen LogP contribution in [-0.2, 0) is 5.41 Å². The zero-order chi connectivity index (χ0) is 14.5. The van der Waals surface area contributed by atoms with Crippen LogP contribution in [0.5, 0.6) is 0 Å². The van der Waals surface area contributed by atoms with Crippen LogP contribution in [0.4, 0.5) is 5.69 Å². The van der Waals surface area contributed by atoms with Gasteiger partial charge in [-0.05, 0) is 42.3 Å². The maximum atomic E-state index is 6.03. The Labute approximate surface area is 124 Å². The normalized spacial score (nSPS) is 20.1. The molecule has 103 valence electrons. The van der Waals surface area contributed by atoms with E-state index >= 15 is 0 Å². The summed E-state index contributed by atoms with van der Waals surface area (Å²) in [6.07, 6.45) is 1.53. The fourth-order valence-electron chi connectivity index (χ4n) is 3.38. The smallest absolute Gasteiger partial charge is 0.132 e. The Morgan fingerprint density at radius 2 is 2.05 bits per heavy atom. The average molecular weight is 287 g/mol. The minimum atomic E-state index is -0.0513. The maximum absolute atomic E-state index is 6.03. The van der Waals surface area contributed by atoms with E-state index in [1.165, 1.54) is 23.1 Å². The molecule has 0 amide bonds. The summed E-state index contributed by atoms with van der Waals surface area (Å²) in [4.78, 5) is 10.7. The van der Waals surface area contributed by atoms with Gasteiger partial charge in [0.25, 0.3) is 0 Å². The fourth-order valence-corrected chi connectivity index (χ4v) is 3.54. The van der Waals surface area contributed by atoms with Crippen molar-refractivity contribution in [1.29, 1.82) is 0 Å². The van der Waals surface area contributed by atoms with Gasteiger partial charge in [-0.3, -0.25) is 0 Å². The van der Waals surface area contributed by atoms with Gasteiger partial charge in [0.05, 0.1) is 11.7 Å². The van der Waals surface area contributed by atoms with Gasteiger partial charge >= 0.3 is 0 Å². The first-order chi connectivity index (χ1) is 9.43. The molecule has 1 radical (unpaired) electrons. The highest BCUT2D eigenvalue weighted by molar-refractivity contribution is 6.29. The Morgan fingerprint density at radius 3 is 2.70 bits per heavy atom. The number of anilines is 1. The summed E-state index contributed by atoms with van der Waals surface area (Å²) in [5, 5.41) is 0.485. The third-order valence-electron chi connectivity index (χ3n) is 4.21. The van der Waals surface area contributed by atoms with E-state index in [1.807, 2.05) is 12.1 Å². The van der Waals surface area contributed by atoms with Crippen LogP contribution in [0.3, 0.4) is 0 Å². The lowest BCUT2D eigenvalue weighted by Gasteiger charge is -2.31. The molecule has 1 aliphatic rings. The Morgan fingerprint density at radius 1 is 1.30 bits per heavy atom. The lowest BCUT2D eigenvalue weighted by Crippen LogP contribution is -2.32. The lowest BCUT2D eigenvalue weighted by atomic mass is 9.79. The second-order valence-electron chi connectivity index (χ2n) is 5.90. The molecule has 0 fully saturated rings. The van der Waals surface area contributed by atoms with Gasteiger partial charge in [-0.15, -0.1) is 0 Å². The molecule has 2 heterocycles. The number of hydrogen-bond donors (Lipinski definition) is 0. The molecule has 0 spiro atoms. The zero-order valence-corrected chi connectivity index (χ0v) is 12.9. The van der Waals surface area contributed by atoms with E-state index in [1.54, 1.807) is 0 Å². The second kappa shape index (κ2) is 4.45. The molecular weight excluding hydrogens is 270 g/mol. The first kappa shape index (κ1) is 13.4. The molecule has 3 nitrogen and oxygen atoms in total. The van der Waals surface area contributed by atoms with Crippen LogP contribution >= 0.6 is 11.6 Å². The van der Waals surface area contributed by atoms with Crippen molar-refractivity contribution in [3.8, 4) is 0 Å². The predicted octanol–water partition coefficient (Wildman–Crippen LogP) is 3.71.